The van der Waals surface area contributed by atoms with Crippen LogP contribution in [0.25, 0.3) is 10.1 Å². The van der Waals surface area contributed by atoms with Crippen molar-refractivity contribution in [2.75, 3.05) is 7.05 Å². The van der Waals surface area contributed by atoms with Gasteiger partial charge in [0.2, 0.25) is 0 Å². The van der Waals surface area contributed by atoms with Crippen molar-refractivity contribution in [1.82, 2.24) is 5.32 Å². The van der Waals surface area contributed by atoms with Crippen LogP contribution >= 0.6 is 11.3 Å². The fourth-order valence-corrected chi connectivity index (χ4v) is 3.79. The van der Waals surface area contributed by atoms with Gasteiger partial charge < -0.3 is 5.32 Å². The van der Waals surface area contributed by atoms with Crippen LogP contribution in [0.15, 0.2) is 47.8 Å². The molecule has 1 nitrogen and oxygen atoms in total. The molecule has 108 valence electrons. The van der Waals surface area contributed by atoms with E-state index in [9.17, 15) is 0 Å². The summed E-state index contributed by atoms with van der Waals surface area (Å²) in [5.74, 6) is 0. The molecule has 0 spiro atoms. The Morgan fingerprint density at radius 3 is 2.67 bits per heavy atom. The predicted octanol–water partition coefficient (Wildman–Crippen LogP) is 5.02. The molecule has 21 heavy (non-hydrogen) atoms. The Morgan fingerprint density at radius 1 is 1.05 bits per heavy atom. The van der Waals surface area contributed by atoms with E-state index in [1.165, 1.54) is 32.3 Å². The minimum absolute atomic E-state index is 0.356. The van der Waals surface area contributed by atoms with Crippen molar-refractivity contribution in [3.05, 3.63) is 70.1 Å². The average molecular weight is 295 g/mol. The number of fused-ring (bicyclic) bond motifs is 1. The van der Waals surface area contributed by atoms with E-state index in [1.54, 1.807) is 0 Å². The van der Waals surface area contributed by atoms with Crippen molar-refractivity contribution in [2.45, 2.75) is 26.3 Å². The molecule has 1 unspecified atom stereocenters. The average Bonchev–Trinajstić information content (AvgIpc) is 2.97. The van der Waals surface area contributed by atoms with Crippen LogP contribution in [0.1, 0.15) is 28.3 Å². The van der Waals surface area contributed by atoms with E-state index in [4.69, 9.17) is 0 Å². The first-order valence-corrected chi connectivity index (χ1v) is 8.26. The fraction of sp³-hybridized carbons (Fsp3) is 0.263. The largest absolute Gasteiger partial charge is 0.313 e. The number of benzene rings is 2. The van der Waals surface area contributed by atoms with Crippen LogP contribution < -0.4 is 5.32 Å². The Labute approximate surface area is 130 Å². The van der Waals surface area contributed by atoms with Crippen LogP contribution in [0.5, 0.6) is 0 Å². The number of nitrogens with one attached hydrogen (secondary N) is 1. The van der Waals surface area contributed by atoms with Gasteiger partial charge in [-0.1, -0.05) is 36.4 Å². The minimum Gasteiger partial charge on any atom is -0.313 e. The van der Waals surface area contributed by atoms with Gasteiger partial charge in [0.1, 0.15) is 0 Å². The van der Waals surface area contributed by atoms with Crippen molar-refractivity contribution in [3.63, 3.8) is 0 Å². The molecule has 0 aliphatic carbocycles. The smallest absolute Gasteiger partial charge is 0.0390 e. The lowest BCUT2D eigenvalue weighted by atomic mass is 9.96. The number of thiophene rings is 1. The van der Waals surface area contributed by atoms with E-state index in [-0.39, 0.29) is 0 Å². The zero-order chi connectivity index (χ0) is 14.8. The van der Waals surface area contributed by atoms with Gasteiger partial charge in [-0.2, -0.15) is 0 Å². The second kappa shape index (κ2) is 6.00. The predicted molar refractivity (Wildman–Crippen MR) is 93.2 cm³/mol. The molecular formula is C19H21NS. The Morgan fingerprint density at radius 2 is 1.90 bits per heavy atom. The van der Waals surface area contributed by atoms with Crippen LogP contribution in [0.3, 0.4) is 0 Å². The van der Waals surface area contributed by atoms with E-state index < -0.39 is 0 Å². The summed E-state index contributed by atoms with van der Waals surface area (Å²) in [4.78, 5) is 0. The summed E-state index contributed by atoms with van der Waals surface area (Å²) in [7, 11) is 2.05. The topological polar surface area (TPSA) is 12.0 Å². The molecule has 3 aromatic rings. The van der Waals surface area contributed by atoms with Gasteiger partial charge in [0, 0.05) is 10.7 Å². The molecule has 0 bridgehead atoms. The van der Waals surface area contributed by atoms with Gasteiger partial charge in [-0.05, 0) is 66.4 Å². The number of likely N-dealkylation sites (N-methyl/N-ethyl adjacent to an activating group) is 1. The summed E-state index contributed by atoms with van der Waals surface area (Å²) in [6, 6.07) is 16.0. The van der Waals surface area contributed by atoms with Crippen LogP contribution in [0, 0.1) is 13.8 Å². The fourth-order valence-electron chi connectivity index (χ4n) is 2.82. The number of aryl methyl sites for hydroxylation is 2. The molecule has 2 heteroatoms. The first-order chi connectivity index (χ1) is 10.2. The summed E-state index contributed by atoms with van der Waals surface area (Å²) >= 11 is 1.83. The third-order valence-electron chi connectivity index (χ3n) is 4.24. The van der Waals surface area contributed by atoms with E-state index in [1.807, 2.05) is 11.3 Å². The maximum Gasteiger partial charge on any atom is 0.0390 e. The molecule has 3 rings (SSSR count). The first-order valence-electron chi connectivity index (χ1n) is 7.38. The van der Waals surface area contributed by atoms with Gasteiger partial charge in [0.15, 0.2) is 0 Å². The van der Waals surface area contributed by atoms with Crippen LogP contribution in [0.2, 0.25) is 0 Å². The molecule has 0 amide bonds. The second-order valence-corrected chi connectivity index (χ2v) is 6.57. The quantitative estimate of drug-likeness (QED) is 0.712. The Bertz CT molecular complexity index is 757. The summed E-state index contributed by atoms with van der Waals surface area (Å²) in [5, 5.41) is 7.01. The SMILES string of the molecule is CNC(Cc1ccc(C)c(C)c1)c1cccc2ccsc12. The summed E-state index contributed by atoms with van der Waals surface area (Å²) in [6.07, 6.45) is 1.02. The summed E-state index contributed by atoms with van der Waals surface area (Å²) < 4.78 is 1.40. The van der Waals surface area contributed by atoms with Gasteiger partial charge in [0.05, 0.1) is 0 Å². The van der Waals surface area contributed by atoms with Crippen LogP contribution in [-0.2, 0) is 6.42 Å². The lowest BCUT2D eigenvalue weighted by molar-refractivity contribution is 0.596. The molecule has 1 heterocycles. The molecule has 1 aromatic heterocycles. The summed E-state index contributed by atoms with van der Waals surface area (Å²) in [6.45, 7) is 4.36. The van der Waals surface area contributed by atoms with Gasteiger partial charge in [-0.3, -0.25) is 0 Å². The highest BCUT2D eigenvalue weighted by Gasteiger charge is 2.14. The monoisotopic (exact) mass is 295 g/mol. The number of rotatable bonds is 4. The van der Waals surface area contributed by atoms with E-state index in [0.29, 0.717) is 6.04 Å². The Hall–Kier alpha value is -1.64. The zero-order valence-corrected chi connectivity index (χ0v) is 13.6. The summed E-state index contributed by atoms with van der Waals surface area (Å²) in [5.41, 5.74) is 5.53. The molecule has 0 radical (unpaired) electrons. The van der Waals surface area contributed by atoms with Gasteiger partial charge in [-0.15, -0.1) is 11.3 Å². The number of hydrogen-bond acceptors (Lipinski definition) is 2. The molecule has 2 aromatic carbocycles. The van der Waals surface area contributed by atoms with E-state index in [0.717, 1.165) is 6.42 Å². The lowest BCUT2D eigenvalue weighted by Crippen LogP contribution is -2.19. The normalized spacial score (nSPS) is 12.7. The lowest BCUT2D eigenvalue weighted by Gasteiger charge is -2.18. The minimum atomic E-state index is 0.356. The van der Waals surface area contributed by atoms with Crippen molar-refractivity contribution in [3.8, 4) is 0 Å². The van der Waals surface area contributed by atoms with Crippen molar-refractivity contribution in [2.24, 2.45) is 0 Å². The van der Waals surface area contributed by atoms with E-state index >= 15 is 0 Å². The molecule has 1 atom stereocenters. The highest BCUT2D eigenvalue weighted by Crippen LogP contribution is 2.30. The third-order valence-corrected chi connectivity index (χ3v) is 5.22. The van der Waals surface area contributed by atoms with Gasteiger partial charge in [0.25, 0.3) is 0 Å². The first kappa shape index (κ1) is 14.3. The van der Waals surface area contributed by atoms with Gasteiger partial charge in [-0.25, -0.2) is 0 Å². The molecule has 0 aliphatic heterocycles. The van der Waals surface area contributed by atoms with Crippen molar-refractivity contribution >= 4 is 21.4 Å². The molecule has 0 saturated carbocycles. The zero-order valence-electron chi connectivity index (χ0n) is 12.8. The standard InChI is InChI=1S/C19H21NS/c1-13-7-8-15(11-14(13)2)12-18(20-3)17-6-4-5-16-9-10-21-19(16)17/h4-11,18,20H,12H2,1-3H3. The second-order valence-electron chi connectivity index (χ2n) is 5.65. The van der Waals surface area contributed by atoms with Gasteiger partial charge >= 0.3 is 0 Å². The highest BCUT2D eigenvalue weighted by atomic mass is 32.1. The van der Waals surface area contributed by atoms with Crippen molar-refractivity contribution < 1.29 is 0 Å². The molecular weight excluding hydrogens is 274 g/mol. The molecule has 0 aliphatic rings. The molecule has 0 fully saturated rings. The Kier molecular flexibility index (Phi) is 4.09. The maximum atomic E-state index is 3.49. The Balaban J connectivity index is 1.94. The van der Waals surface area contributed by atoms with Crippen LogP contribution in [-0.4, -0.2) is 7.05 Å². The maximum absolute atomic E-state index is 3.49. The van der Waals surface area contributed by atoms with E-state index in [2.05, 4.69) is 74.1 Å². The highest BCUT2D eigenvalue weighted by molar-refractivity contribution is 7.17. The van der Waals surface area contributed by atoms with Crippen LogP contribution in [0.4, 0.5) is 0 Å². The number of hydrogen-bond donors (Lipinski definition) is 1. The van der Waals surface area contributed by atoms with Crippen molar-refractivity contribution in [1.29, 1.82) is 0 Å². The molecule has 1 N–H and O–H groups in total. The molecule has 0 saturated heterocycles. The third kappa shape index (κ3) is 2.87.